The van der Waals surface area contributed by atoms with E-state index in [-0.39, 0.29) is 0 Å². The van der Waals surface area contributed by atoms with Gasteiger partial charge in [0.15, 0.2) is 6.29 Å². The summed E-state index contributed by atoms with van der Waals surface area (Å²) in [6.07, 6.45) is 5.27. The molecule has 1 aromatic heterocycles. The predicted octanol–water partition coefficient (Wildman–Crippen LogP) is 2.61. The van der Waals surface area contributed by atoms with Crippen molar-refractivity contribution in [1.82, 2.24) is 0 Å². The Morgan fingerprint density at radius 2 is 2.25 bits per heavy atom. The Bertz CT molecular complexity index is 261. The first-order valence-electron chi connectivity index (χ1n) is 4.37. The molecule has 2 nitrogen and oxygen atoms in total. The standard InChI is InChI=1S/C10H14O2/c1-3-5-9-8(6-11)7-12-10(9)4-2/h6-7H,3-5H2,1-2H3. The fraction of sp³-hybridized carbons (Fsp3) is 0.500. The van der Waals surface area contributed by atoms with Gasteiger partial charge in [-0.2, -0.15) is 0 Å². The molecule has 1 rings (SSSR count). The Kier molecular flexibility index (Phi) is 3.09. The van der Waals surface area contributed by atoms with Crippen LogP contribution in [0.1, 0.15) is 41.9 Å². The molecule has 0 aliphatic heterocycles. The van der Waals surface area contributed by atoms with Crippen molar-refractivity contribution in [1.29, 1.82) is 0 Å². The number of hydrogen-bond acceptors (Lipinski definition) is 2. The van der Waals surface area contributed by atoms with Crippen LogP contribution >= 0.6 is 0 Å². The highest BCUT2D eigenvalue weighted by atomic mass is 16.3. The van der Waals surface area contributed by atoms with E-state index in [1.165, 1.54) is 0 Å². The molecule has 0 aliphatic rings. The van der Waals surface area contributed by atoms with E-state index in [1.807, 2.05) is 6.92 Å². The first kappa shape index (κ1) is 9.04. The highest BCUT2D eigenvalue weighted by molar-refractivity contribution is 5.77. The van der Waals surface area contributed by atoms with Gasteiger partial charge in [-0.3, -0.25) is 4.79 Å². The molecule has 1 aromatic rings. The Morgan fingerprint density at radius 1 is 1.50 bits per heavy atom. The van der Waals surface area contributed by atoms with Crippen molar-refractivity contribution in [2.24, 2.45) is 0 Å². The summed E-state index contributed by atoms with van der Waals surface area (Å²) in [5.41, 5.74) is 1.81. The number of furan rings is 1. The van der Waals surface area contributed by atoms with E-state index in [2.05, 4.69) is 6.92 Å². The monoisotopic (exact) mass is 166 g/mol. The van der Waals surface area contributed by atoms with Crippen molar-refractivity contribution in [3.8, 4) is 0 Å². The minimum atomic E-state index is 0.716. The number of aldehydes is 1. The van der Waals surface area contributed by atoms with Gasteiger partial charge >= 0.3 is 0 Å². The number of carbonyl (C=O) groups is 1. The molecule has 2 heteroatoms. The number of hydrogen-bond donors (Lipinski definition) is 0. The lowest BCUT2D eigenvalue weighted by molar-refractivity contribution is 0.112. The van der Waals surface area contributed by atoms with Gasteiger partial charge in [0.05, 0.1) is 5.56 Å². The van der Waals surface area contributed by atoms with Gasteiger partial charge in [0, 0.05) is 12.0 Å². The largest absolute Gasteiger partial charge is 0.468 e. The Hall–Kier alpha value is -1.05. The van der Waals surface area contributed by atoms with Crippen LogP contribution in [0, 0.1) is 0 Å². The van der Waals surface area contributed by atoms with Crippen LogP contribution in [0.25, 0.3) is 0 Å². The normalized spacial score (nSPS) is 10.2. The van der Waals surface area contributed by atoms with Crippen molar-refractivity contribution in [2.75, 3.05) is 0 Å². The molecule has 0 saturated heterocycles. The highest BCUT2D eigenvalue weighted by Crippen LogP contribution is 2.18. The van der Waals surface area contributed by atoms with Gasteiger partial charge in [-0.25, -0.2) is 0 Å². The van der Waals surface area contributed by atoms with Crippen molar-refractivity contribution >= 4 is 6.29 Å². The Balaban J connectivity index is 2.98. The maximum absolute atomic E-state index is 10.6. The summed E-state index contributed by atoms with van der Waals surface area (Å²) in [6.45, 7) is 4.13. The quantitative estimate of drug-likeness (QED) is 0.643. The van der Waals surface area contributed by atoms with Crippen LogP contribution in [-0.4, -0.2) is 6.29 Å². The summed E-state index contributed by atoms with van der Waals surface area (Å²) in [4.78, 5) is 10.6. The summed E-state index contributed by atoms with van der Waals surface area (Å²) in [6, 6.07) is 0. The molecule has 12 heavy (non-hydrogen) atoms. The lowest BCUT2D eigenvalue weighted by atomic mass is 10.1. The van der Waals surface area contributed by atoms with E-state index in [4.69, 9.17) is 4.42 Å². The van der Waals surface area contributed by atoms with Crippen LogP contribution in [0.3, 0.4) is 0 Å². The van der Waals surface area contributed by atoms with Gasteiger partial charge < -0.3 is 4.42 Å². The molecule has 0 radical (unpaired) electrons. The fourth-order valence-electron chi connectivity index (χ4n) is 1.37. The number of rotatable bonds is 4. The topological polar surface area (TPSA) is 30.2 Å². The predicted molar refractivity (Wildman–Crippen MR) is 47.5 cm³/mol. The molecule has 0 atom stereocenters. The molecule has 0 aliphatic carbocycles. The summed E-state index contributed by atoms with van der Waals surface area (Å²) < 4.78 is 5.26. The van der Waals surface area contributed by atoms with Gasteiger partial charge in [0.2, 0.25) is 0 Å². The van der Waals surface area contributed by atoms with Crippen LogP contribution in [0.4, 0.5) is 0 Å². The van der Waals surface area contributed by atoms with Crippen LogP contribution < -0.4 is 0 Å². The van der Waals surface area contributed by atoms with Crippen LogP contribution in [0.2, 0.25) is 0 Å². The van der Waals surface area contributed by atoms with Gasteiger partial charge in [-0.15, -0.1) is 0 Å². The first-order valence-corrected chi connectivity index (χ1v) is 4.37. The fourth-order valence-corrected chi connectivity index (χ4v) is 1.37. The van der Waals surface area contributed by atoms with E-state index < -0.39 is 0 Å². The zero-order valence-corrected chi connectivity index (χ0v) is 7.59. The Morgan fingerprint density at radius 3 is 2.75 bits per heavy atom. The van der Waals surface area contributed by atoms with E-state index in [9.17, 15) is 4.79 Å². The van der Waals surface area contributed by atoms with Gasteiger partial charge in [-0.1, -0.05) is 20.3 Å². The highest BCUT2D eigenvalue weighted by Gasteiger charge is 2.09. The Labute approximate surface area is 72.6 Å². The van der Waals surface area contributed by atoms with Crippen LogP contribution in [-0.2, 0) is 12.8 Å². The average molecular weight is 166 g/mol. The molecule has 0 spiro atoms. The maximum Gasteiger partial charge on any atom is 0.153 e. The van der Waals surface area contributed by atoms with Gasteiger partial charge in [0.25, 0.3) is 0 Å². The molecular formula is C10H14O2. The summed E-state index contributed by atoms with van der Waals surface area (Å²) in [5.74, 6) is 0.957. The molecule has 0 N–H and O–H groups in total. The molecule has 0 fully saturated rings. The number of aryl methyl sites for hydroxylation is 1. The van der Waals surface area contributed by atoms with Crippen molar-refractivity contribution < 1.29 is 9.21 Å². The second kappa shape index (κ2) is 4.10. The van der Waals surface area contributed by atoms with Gasteiger partial charge in [-0.05, 0) is 6.42 Å². The molecule has 0 amide bonds. The maximum atomic E-state index is 10.6. The molecule has 0 unspecified atom stereocenters. The van der Waals surface area contributed by atoms with Crippen molar-refractivity contribution in [2.45, 2.75) is 33.1 Å². The minimum Gasteiger partial charge on any atom is -0.468 e. The summed E-state index contributed by atoms with van der Waals surface area (Å²) in [7, 11) is 0. The molecule has 0 saturated carbocycles. The third kappa shape index (κ3) is 1.58. The smallest absolute Gasteiger partial charge is 0.153 e. The lowest BCUT2D eigenvalue weighted by Crippen LogP contribution is -1.91. The third-order valence-corrected chi connectivity index (χ3v) is 1.96. The number of carbonyl (C=O) groups excluding carboxylic acids is 1. The van der Waals surface area contributed by atoms with E-state index >= 15 is 0 Å². The molecule has 0 bridgehead atoms. The minimum absolute atomic E-state index is 0.716. The van der Waals surface area contributed by atoms with Crippen molar-refractivity contribution in [3.63, 3.8) is 0 Å². The molecule has 0 aromatic carbocycles. The zero-order chi connectivity index (χ0) is 8.97. The first-order chi connectivity index (χ1) is 5.83. The van der Waals surface area contributed by atoms with Crippen LogP contribution in [0.15, 0.2) is 10.7 Å². The van der Waals surface area contributed by atoms with E-state index in [0.29, 0.717) is 5.56 Å². The van der Waals surface area contributed by atoms with Crippen molar-refractivity contribution in [3.05, 3.63) is 23.2 Å². The molecular weight excluding hydrogens is 152 g/mol. The van der Waals surface area contributed by atoms with E-state index in [1.54, 1.807) is 6.26 Å². The van der Waals surface area contributed by atoms with E-state index in [0.717, 1.165) is 36.9 Å². The summed E-state index contributed by atoms with van der Waals surface area (Å²) >= 11 is 0. The van der Waals surface area contributed by atoms with Gasteiger partial charge in [0.1, 0.15) is 12.0 Å². The second-order valence-corrected chi connectivity index (χ2v) is 2.81. The molecule has 66 valence electrons. The molecule has 1 heterocycles. The van der Waals surface area contributed by atoms with Crippen LogP contribution in [0.5, 0.6) is 0 Å². The summed E-state index contributed by atoms with van der Waals surface area (Å²) in [5, 5.41) is 0. The second-order valence-electron chi connectivity index (χ2n) is 2.81. The lowest BCUT2D eigenvalue weighted by Gasteiger charge is -1.97. The average Bonchev–Trinajstić information content (AvgIpc) is 2.48. The SMILES string of the molecule is CCCc1c(C=O)coc1CC. The third-order valence-electron chi connectivity index (χ3n) is 1.96. The zero-order valence-electron chi connectivity index (χ0n) is 7.59.